The predicted molar refractivity (Wildman–Crippen MR) is 38.4 cm³/mol. The van der Waals surface area contributed by atoms with Crippen molar-refractivity contribution in [3.05, 3.63) is 0 Å². The average Bonchev–Trinajstić information content (AvgIpc) is 2.14. The van der Waals surface area contributed by atoms with E-state index < -0.39 is 0 Å². The summed E-state index contributed by atoms with van der Waals surface area (Å²) in [6.07, 6.45) is 1.77. The van der Waals surface area contributed by atoms with Crippen LogP contribution in [0.25, 0.3) is 0 Å². The summed E-state index contributed by atoms with van der Waals surface area (Å²) in [6.45, 7) is 7.68. The molecular formula is C8H16O. The average molecular weight is 128 g/mol. The van der Waals surface area contributed by atoms with Gasteiger partial charge in [0.15, 0.2) is 0 Å². The minimum absolute atomic E-state index is 0.511. The Morgan fingerprint density at radius 3 is 2.33 bits per heavy atom. The molecule has 0 radical (unpaired) electrons. The van der Waals surface area contributed by atoms with Crippen molar-refractivity contribution < 1.29 is 4.74 Å². The van der Waals surface area contributed by atoms with Gasteiger partial charge in [-0.15, -0.1) is 0 Å². The first kappa shape index (κ1) is 7.07. The maximum absolute atomic E-state index is 5.43. The second-order valence-electron chi connectivity index (χ2n) is 3.38. The molecule has 0 aromatic carbocycles. The smallest absolute Gasteiger partial charge is 0.0550 e. The van der Waals surface area contributed by atoms with Crippen LogP contribution in [0.1, 0.15) is 27.2 Å². The molecule has 0 bridgehead atoms. The van der Waals surface area contributed by atoms with E-state index in [0.717, 1.165) is 18.4 Å². The Balaban J connectivity index is 2.30. The van der Waals surface area contributed by atoms with Crippen LogP contribution in [0.4, 0.5) is 0 Å². The number of hydrogen-bond acceptors (Lipinski definition) is 1. The van der Waals surface area contributed by atoms with Crippen LogP contribution in [-0.4, -0.2) is 12.7 Å². The van der Waals surface area contributed by atoms with E-state index in [1.807, 2.05) is 0 Å². The Bertz CT molecular complexity index is 88.6. The summed E-state index contributed by atoms with van der Waals surface area (Å²) in [5.41, 5.74) is 0. The molecule has 1 nitrogen and oxygen atoms in total. The Kier molecular flexibility index (Phi) is 2.12. The largest absolute Gasteiger partial charge is 0.378 e. The van der Waals surface area contributed by atoms with E-state index in [0.29, 0.717) is 6.10 Å². The lowest BCUT2D eigenvalue weighted by atomic mass is 9.94. The molecular weight excluding hydrogens is 112 g/mol. The first-order valence-corrected chi connectivity index (χ1v) is 3.81. The molecule has 9 heavy (non-hydrogen) atoms. The molecule has 0 saturated carbocycles. The van der Waals surface area contributed by atoms with Crippen LogP contribution < -0.4 is 0 Å². The normalized spacial score (nSPS) is 36.0. The summed E-state index contributed by atoms with van der Waals surface area (Å²) in [5, 5.41) is 0. The Morgan fingerprint density at radius 1 is 1.44 bits per heavy atom. The number of hydrogen-bond donors (Lipinski definition) is 0. The fourth-order valence-corrected chi connectivity index (χ4v) is 1.31. The van der Waals surface area contributed by atoms with Crippen LogP contribution in [0.15, 0.2) is 0 Å². The van der Waals surface area contributed by atoms with Gasteiger partial charge in [-0.2, -0.15) is 0 Å². The second kappa shape index (κ2) is 2.70. The molecule has 0 amide bonds. The minimum atomic E-state index is 0.511. The summed E-state index contributed by atoms with van der Waals surface area (Å²) in [4.78, 5) is 0. The summed E-state index contributed by atoms with van der Waals surface area (Å²) in [6, 6.07) is 0. The molecule has 0 N–H and O–H groups in total. The van der Waals surface area contributed by atoms with Crippen molar-refractivity contribution in [1.82, 2.24) is 0 Å². The van der Waals surface area contributed by atoms with Gasteiger partial charge in [0, 0.05) is 0 Å². The summed E-state index contributed by atoms with van der Waals surface area (Å²) < 4.78 is 5.43. The molecule has 0 aromatic heterocycles. The molecule has 0 aromatic rings. The summed E-state index contributed by atoms with van der Waals surface area (Å²) in [7, 11) is 0. The molecule has 1 rings (SSSR count). The minimum Gasteiger partial charge on any atom is -0.378 e. The summed E-state index contributed by atoms with van der Waals surface area (Å²) >= 11 is 0. The van der Waals surface area contributed by atoms with Gasteiger partial charge in [0.25, 0.3) is 0 Å². The lowest BCUT2D eigenvalue weighted by Crippen LogP contribution is -2.07. The number of ether oxygens (including phenoxy) is 1. The molecule has 1 heteroatoms. The molecule has 1 saturated heterocycles. The lowest BCUT2D eigenvalue weighted by Gasteiger charge is -2.10. The highest BCUT2D eigenvalue weighted by molar-refractivity contribution is 4.72. The molecule has 0 aliphatic carbocycles. The van der Waals surface area contributed by atoms with Crippen LogP contribution in [0.2, 0.25) is 0 Å². The highest BCUT2D eigenvalue weighted by Crippen LogP contribution is 2.25. The van der Waals surface area contributed by atoms with Gasteiger partial charge in [-0.3, -0.25) is 0 Å². The molecule has 0 spiro atoms. The van der Waals surface area contributed by atoms with Crippen LogP contribution in [0, 0.1) is 11.8 Å². The first-order valence-electron chi connectivity index (χ1n) is 3.81. The van der Waals surface area contributed by atoms with Gasteiger partial charge >= 0.3 is 0 Å². The third-order valence-electron chi connectivity index (χ3n) is 2.17. The van der Waals surface area contributed by atoms with Gasteiger partial charge < -0.3 is 4.74 Å². The zero-order chi connectivity index (χ0) is 6.85. The molecule has 2 atom stereocenters. The molecule has 1 unspecified atom stereocenters. The Hall–Kier alpha value is -0.0400. The van der Waals surface area contributed by atoms with Crippen molar-refractivity contribution in [1.29, 1.82) is 0 Å². The van der Waals surface area contributed by atoms with Gasteiger partial charge in [-0.25, -0.2) is 0 Å². The molecule has 54 valence electrons. The predicted octanol–water partition coefficient (Wildman–Crippen LogP) is 2.07. The van der Waals surface area contributed by atoms with Crippen LogP contribution in [0.3, 0.4) is 0 Å². The van der Waals surface area contributed by atoms with E-state index in [4.69, 9.17) is 4.74 Å². The fraction of sp³-hybridized carbons (Fsp3) is 1.00. The topological polar surface area (TPSA) is 9.23 Å². The monoisotopic (exact) mass is 128 g/mol. The third-order valence-corrected chi connectivity index (χ3v) is 2.17. The van der Waals surface area contributed by atoms with E-state index in [9.17, 15) is 0 Å². The third kappa shape index (κ3) is 1.68. The van der Waals surface area contributed by atoms with Gasteiger partial charge in [0.05, 0.1) is 12.7 Å². The van der Waals surface area contributed by atoms with E-state index >= 15 is 0 Å². The maximum atomic E-state index is 5.43. The van der Waals surface area contributed by atoms with Crippen molar-refractivity contribution in [3.8, 4) is 0 Å². The fourth-order valence-electron chi connectivity index (χ4n) is 1.31. The lowest BCUT2D eigenvalue weighted by molar-refractivity contribution is 0.116. The van der Waals surface area contributed by atoms with Crippen LogP contribution >= 0.6 is 0 Å². The highest BCUT2D eigenvalue weighted by atomic mass is 16.5. The molecule has 1 aliphatic rings. The molecule has 1 fully saturated rings. The van der Waals surface area contributed by atoms with Crippen molar-refractivity contribution >= 4 is 0 Å². The van der Waals surface area contributed by atoms with Gasteiger partial charge in [0.2, 0.25) is 0 Å². The molecule has 1 aliphatic heterocycles. The SMILES string of the molecule is CC(C)C1CO[C@@H](C)C1. The van der Waals surface area contributed by atoms with Crippen molar-refractivity contribution in [2.24, 2.45) is 11.8 Å². The maximum Gasteiger partial charge on any atom is 0.0550 e. The number of rotatable bonds is 1. The van der Waals surface area contributed by atoms with Crippen LogP contribution in [0.5, 0.6) is 0 Å². The van der Waals surface area contributed by atoms with E-state index in [-0.39, 0.29) is 0 Å². The summed E-state index contributed by atoms with van der Waals surface area (Å²) in [5.74, 6) is 1.62. The van der Waals surface area contributed by atoms with Gasteiger partial charge in [0.1, 0.15) is 0 Å². The Labute approximate surface area is 57.4 Å². The Morgan fingerprint density at radius 2 is 2.11 bits per heavy atom. The van der Waals surface area contributed by atoms with Crippen molar-refractivity contribution in [2.45, 2.75) is 33.3 Å². The van der Waals surface area contributed by atoms with Crippen LogP contribution in [-0.2, 0) is 4.74 Å². The van der Waals surface area contributed by atoms with Crippen molar-refractivity contribution in [2.75, 3.05) is 6.61 Å². The van der Waals surface area contributed by atoms with E-state index in [1.165, 1.54) is 6.42 Å². The standard InChI is InChI=1S/C8H16O/c1-6(2)8-4-7(3)9-5-8/h6-8H,4-5H2,1-3H3/t7-,8?/m0/s1. The highest BCUT2D eigenvalue weighted by Gasteiger charge is 2.23. The van der Waals surface area contributed by atoms with Gasteiger partial charge in [-0.05, 0) is 25.2 Å². The van der Waals surface area contributed by atoms with Gasteiger partial charge in [-0.1, -0.05) is 13.8 Å². The zero-order valence-corrected chi connectivity index (χ0v) is 6.55. The van der Waals surface area contributed by atoms with E-state index in [2.05, 4.69) is 20.8 Å². The molecule has 1 heterocycles. The second-order valence-corrected chi connectivity index (χ2v) is 3.38. The first-order chi connectivity index (χ1) is 4.20. The quantitative estimate of drug-likeness (QED) is 0.525. The zero-order valence-electron chi connectivity index (χ0n) is 6.55. The van der Waals surface area contributed by atoms with Crippen molar-refractivity contribution in [3.63, 3.8) is 0 Å². The van der Waals surface area contributed by atoms with E-state index in [1.54, 1.807) is 0 Å².